The Labute approximate surface area is 87.3 Å². The Bertz CT molecular complexity index is 306. The lowest BCUT2D eigenvalue weighted by Crippen LogP contribution is -2.21. The minimum absolute atomic E-state index is 0.000213. The second kappa shape index (κ2) is 5.95. The third-order valence-corrected chi connectivity index (χ3v) is 2.33. The molecule has 2 N–H and O–H groups in total. The summed E-state index contributed by atoms with van der Waals surface area (Å²) in [6, 6.07) is 0. The van der Waals surface area contributed by atoms with Crippen LogP contribution < -0.4 is 10.2 Å². The molecule has 1 rings (SSSR count). The van der Waals surface area contributed by atoms with Crippen LogP contribution in [0.2, 0.25) is 0 Å². The smallest absolute Gasteiger partial charge is 0.304 e. The quantitative estimate of drug-likeness (QED) is 0.696. The molecule has 0 saturated heterocycles. The van der Waals surface area contributed by atoms with Crippen LogP contribution in [-0.2, 0) is 11.3 Å². The summed E-state index contributed by atoms with van der Waals surface area (Å²) in [5.41, 5.74) is 0.935. The van der Waals surface area contributed by atoms with Gasteiger partial charge < -0.3 is 15.0 Å². The number of ether oxygens (including phenoxy) is 1. The topological polar surface area (TPSA) is 54.1 Å². The molecular formula is C9H16N2O2S. The van der Waals surface area contributed by atoms with Gasteiger partial charge in [-0.2, -0.15) is 0 Å². The van der Waals surface area contributed by atoms with E-state index in [9.17, 15) is 4.79 Å². The fraction of sp³-hybridized carbons (Fsp3) is 0.667. The molecule has 0 spiro atoms. The minimum atomic E-state index is 0.000213. The Kier molecular flexibility index (Phi) is 4.86. The fourth-order valence-electron chi connectivity index (χ4n) is 0.990. The standard InChI is InChI=1S/C9H16N2O2S/c1-7(2)13-4-3-10-5-8-6-14-9(12)11-8/h6-7,10H,3-5H2,1-2H3,(H,11,12). The summed E-state index contributed by atoms with van der Waals surface area (Å²) in [4.78, 5) is 13.5. The molecule has 5 heteroatoms. The van der Waals surface area contributed by atoms with E-state index in [1.54, 1.807) is 0 Å². The van der Waals surface area contributed by atoms with Gasteiger partial charge in [0.15, 0.2) is 0 Å². The predicted molar refractivity (Wildman–Crippen MR) is 57.7 cm³/mol. The number of hydrogen-bond acceptors (Lipinski definition) is 4. The van der Waals surface area contributed by atoms with Gasteiger partial charge in [0.1, 0.15) is 0 Å². The summed E-state index contributed by atoms with van der Waals surface area (Å²) in [7, 11) is 0. The number of H-pyrrole nitrogens is 1. The molecule has 1 aromatic rings. The van der Waals surface area contributed by atoms with Crippen molar-refractivity contribution in [2.24, 2.45) is 0 Å². The van der Waals surface area contributed by atoms with Crippen molar-refractivity contribution in [3.63, 3.8) is 0 Å². The average Bonchev–Trinajstić information content (AvgIpc) is 2.50. The second-order valence-corrected chi connectivity index (χ2v) is 4.11. The van der Waals surface area contributed by atoms with Gasteiger partial charge in [-0.15, -0.1) is 0 Å². The average molecular weight is 216 g/mol. The molecule has 0 saturated carbocycles. The zero-order chi connectivity index (χ0) is 10.4. The van der Waals surface area contributed by atoms with Crippen molar-refractivity contribution in [2.75, 3.05) is 13.2 Å². The van der Waals surface area contributed by atoms with Gasteiger partial charge >= 0.3 is 4.87 Å². The molecular weight excluding hydrogens is 200 g/mol. The fourth-order valence-corrected chi connectivity index (χ4v) is 1.57. The van der Waals surface area contributed by atoms with Gasteiger partial charge in [0.2, 0.25) is 0 Å². The molecule has 1 aromatic heterocycles. The third kappa shape index (κ3) is 4.55. The SMILES string of the molecule is CC(C)OCCNCc1csc(=O)[nH]1. The van der Waals surface area contributed by atoms with Crippen LogP contribution in [0.25, 0.3) is 0 Å². The zero-order valence-corrected chi connectivity index (χ0v) is 9.32. The van der Waals surface area contributed by atoms with Crippen molar-refractivity contribution < 1.29 is 4.74 Å². The van der Waals surface area contributed by atoms with Gasteiger partial charge in [-0.3, -0.25) is 4.79 Å². The third-order valence-electron chi connectivity index (χ3n) is 1.62. The lowest BCUT2D eigenvalue weighted by molar-refractivity contribution is 0.0807. The van der Waals surface area contributed by atoms with Gasteiger partial charge in [-0.05, 0) is 13.8 Å². The van der Waals surface area contributed by atoms with Crippen LogP contribution in [0.5, 0.6) is 0 Å². The van der Waals surface area contributed by atoms with Gasteiger partial charge in [0.25, 0.3) is 0 Å². The van der Waals surface area contributed by atoms with Crippen molar-refractivity contribution in [1.29, 1.82) is 0 Å². The molecule has 14 heavy (non-hydrogen) atoms. The number of nitrogens with one attached hydrogen (secondary N) is 2. The van der Waals surface area contributed by atoms with E-state index in [2.05, 4.69) is 10.3 Å². The monoisotopic (exact) mass is 216 g/mol. The Balaban J connectivity index is 2.07. The number of thiazole rings is 1. The first-order valence-corrected chi connectivity index (χ1v) is 5.55. The van der Waals surface area contributed by atoms with Crippen molar-refractivity contribution in [3.05, 3.63) is 20.7 Å². The lowest BCUT2D eigenvalue weighted by atomic mass is 10.4. The second-order valence-electron chi connectivity index (χ2n) is 3.27. The molecule has 0 bridgehead atoms. The van der Waals surface area contributed by atoms with Crippen molar-refractivity contribution in [2.45, 2.75) is 26.5 Å². The summed E-state index contributed by atoms with van der Waals surface area (Å²) in [5, 5.41) is 5.01. The maximum Gasteiger partial charge on any atom is 0.304 e. The van der Waals surface area contributed by atoms with E-state index in [1.165, 1.54) is 11.3 Å². The molecule has 0 aliphatic carbocycles. The minimum Gasteiger partial charge on any atom is -0.377 e. The highest BCUT2D eigenvalue weighted by molar-refractivity contribution is 7.07. The first-order valence-electron chi connectivity index (χ1n) is 4.67. The number of rotatable bonds is 6. The molecule has 0 aliphatic heterocycles. The Morgan fingerprint density at radius 3 is 3.00 bits per heavy atom. The summed E-state index contributed by atoms with van der Waals surface area (Å²) >= 11 is 1.19. The highest BCUT2D eigenvalue weighted by Gasteiger charge is 1.96. The van der Waals surface area contributed by atoms with Gasteiger partial charge in [0, 0.05) is 24.2 Å². The number of aromatic amines is 1. The van der Waals surface area contributed by atoms with Crippen molar-refractivity contribution in [1.82, 2.24) is 10.3 Å². The normalized spacial score (nSPS) is 11.1. The van der Waals surface area contributed by atoms with Crippen LogP contribution in [0, 0.1) is 0 Å². The first kappa shape index (κ1) is 11.4. The molecule has 1 heterocycles. The summed E-state index contributed by atoms with van der Waals surface area (Å²) in [5.74, 6) is 0. The van der Waals surface area contributed by atoms with E-state index in [4.69, 9.17) is 4.74 Å². The highest BCUT2D eigenvalue weighted by Crippen LogP contribution is 1.94. The Morgan fingerprint density at radius 2 is 2.43 bits per heavy atom. The molecule has 0 fully saturated rings. The summed E-state index contributed by atoms with van der Waals surface area (Å²) in [6.07, 6.45) is 0.276. The molecule has 0 radical (unpaired) electrons. The molecule has 0 amide bonds. The maximum atomic E-state index is 10.8. The van der Waals surface area contributed by atoms with Gasteiger partial charge in [-0.25, -0.2) is 0 Å². The van der Waals surface area contributed by atoms with E-state index < -0.39 is 0 Å². The van der Waals surface area contributed by atoms with Crippen LogP contribution in [-0.4, -0.2) is 24.2 Å². The Hall–Kier alpha value is -0.650. The van der Waals surface area contributed by atoms with E-state index in [0.29, 0.717) is 13.2 Å². The molecule has 80 valence electrons. The number of hydrogen-bond donors (Lipinski definition) is 2. The molecule has 0 aliphatic rings. The maximum absolute atomic E-state index is 10.8. The highest BCUT2D eigenvalue weighted by atomic mass is 32.1. The lowest BCUT2D eigenvalue weighted by Gasteiger charge is -2.07. The Morgan fingerprint density at radius 1 is 1.64 bits per heavy atom. The van der Waals surface area contributed by atoms with Crippen LogP contribution in [0.15, 0.2) is 10.2 Å². The zero-order valence-electron chi connectivity index (χ0n) is 8.50. The van der Waals surface area contributed by atoms with E-state index in [1.807, 2.05) is 19.2 Å². The van der Waals surface area contributed by atoms with Crippen LogP contribution in [0.4, 0.5) is 0 Å². The number of aromatic nitrogens is 1. The molecule has 0 unspecified atom stereocenters. The molecule has 0 aromatic carbocycles. The molecule has 4 nitrogen and oxygen atoms in total. The van der Waals surface area contributed by atoms with Crippen LogP contribution >= 0.6 is 11.3 Å². The van der Waals surface area contributed by atoms with E-state index >= 15 is 0 Å². The van der Waals surface area contributed by atoms with Gasteiger partial charge in [0.05, 0.1) is 12.7 Å². The van der Waals surface area contributed by atoms with Crippen LogP contribution in [0.3, 0.4) is 0 Å². The summed E-state index contributed by atoms with van der Waals surface area (Å²) < 4.78 is 5.35. The van der Waals surface area contributed by atoms with Crippen LogP contribution in [0.1, 0.15) is 19.5 Å². The largest absolute Gasteiger partial charge is 0.377 e. The predicted octanol–water partition coefficient (Wildman–Crippen LogP) is 0.951. The van der Waals surface area contributed by atoms with Crippen molar-refractivity contribution in [3.8, 4) is 0 Å². The molecule has 0 atom stereocenters. The van der Waals surface area contributed by atoms with Gasteiger partial charge in [-0.1, -0.05) is 11.3 Å². The summed E-state index contributed by atoms with van der Waals surface area (Å²) in [6.45, 7) is 6.22. The first-order chi connectivity index (χ1) is 6.68. The van der Waals surface area contributed by atoms with E-state index in [0.717, 1.165) is 12.2 Å². The van der Waals surface area contributed by atoms with Crippen molar-refractivity contribution >= 4 is 11.3 Å². The van der Waals surface area contributed by atoms with E-state index in [-0.39, 0.29) is 11.0 Å².